The molecule has 1 saturated heterocycles. The highest BCUT2D eigenvalue weighted by atomic mass is 16.5. The highest BCUT2D eigenvalue weighted by Crippen LogP contribution is 2.26. The molecule has 0 aromatic rings. The molecule has 0 aromatic carbocycles. The zero-order valence-corrected chi connectivity index (χ0v) is 12.1. The van der Waals surface area contributed by atoms with E-state index >= 15 is 0 Å². The Hall–Kier alpha value is -0.160. The molecule has 2 aliphatic rings. The standard InChI is InChI=1S/C14H29N3O/c1-11(2)17-4-5-18-14(10-17)9-16(3)8-12-6-13(15)7-12/h11-14H,4-10,15H2,1-3H3. The Morgan fingerprint density at radius 2 is 2.06 bits per heavy atom. The van der Waals surface area contributed by atoms with E-state index in [1.165, 1.54) is 19.4 Å². The van der Waals surface area contributed by atoms with Crippen molar-refractivity contribution >= 4 is 0 Å². The summed E-state index contributed by atoms with van der Waals surface area (Å²) in [7, 11) is 2.21. The Morgan fingerprint density at radius 3 is 2.67 bits per heavy atom. The van der Waals surface area contributed by atoms with Gasteiger partial charge in [0.2, 0.25) is 0 Å². The summed E-state index contributed by atoms with van der Waals surface area (Å²) in [5, 5.41) is 0. The fraction of sp³-hybridized carbons (Fsp3) is 1.00. The quantitative estimate of drug-likeness (QED) is 0.788. The molecule has 106 valence electrons. The molecule has 4 nitrogen and oxygen atoms in total. The maximum absolute atomic E-state index is 5.88. The normalized spacial score (nSPS) is 34.0. The molecular formula is C14H29N3O. The number of likely N-dealkylation sites (N-methyl/N-ethyl adjacent to an activating group) is 1. The molecule has 0 spiro atoms. The molecule has 0 radical (unpaired) electrons. The SMILES string of the molecule is CC(C)N1CCOC(CN(C)CC2CC(N)C2)C1. The van der Waals surface area contributed by atoms with Gasteiger partial charge in [-0.05, 0) is 39.7 Å². The third kappa shape index (κ3) is 3.92. The number of ether oxygens (including phenoxy) is 1. The second-order valence-electron chi connectivity index (χ2n) is 6.40. The monoisotopic (exact) mass is 255 g/mol. The van der Waals surface area contributed by atoms with Crippen LogP contribution in [-0.4, -0.2) is 67.8 Å². The molecular weight excluding hydrogens is 226 g/mol. The molecule has 2 N–H and O–H groups in total. The molecule has 2 rings (SSSR count). The summed E-state index contributed by atoms with van der Waals surface area (Å²) in [5.41, 5.74) is 5.83. The predicted octanol–water partition coefficient (Wildman–Crippen LogP) is 0.765. The average Bonchev–Trinajstić information content (AvgIpc) is 2.27. The maximum atomic E-state index is 5.88. The lowest BCUT2D eigenvalue weighted by atomic mass is 9.80. The molecule has 1 heterocycles. The molecule has 0 aromatic heterocycles. The molecule has 0 amide bonds. The second kappa shape index (κ2) is 6.33. The van der Waals surface area contributed by atoms with Crippen LogP contribution in [0.15, 0.2) is 0 Å². The van der Waals surface area contributed by atoms with Crippen LogP contribution in [0.1, 0.15) is 26.7 Å². The van der Waals surface area contributed by atoms with Crippen molar-refractivity contribution in [1.82, 2.24) is 9.80 Å². The summed E-state index contributed by atoms with van der Waals surface area (Å²) in [4.78, 5) is 4.94. The third-order valence-electron chi connectivity index (χ3n) is 4.26. The predicted molar refractivity (Wildman–Crippen MR) is 74.6 cm³/mol. The van der Waals surface area contributed by atoms with Crippen LogP contribution in [0, 0.1) is 5.92 Å². The van der Waals surface area contributed by atoms with Gasteiger partial charge in [0.15, 0.2) is 0 Å². The maximum Gasteiger partial charge on any atom is 0.0829 e. The molecule has 1 aliphatic heterocycles. The summed E-state index contributed by atoms with van der Waals surface area (Å²) in [6.07, 6.45) is 2.78. The Balaban J connectivity index is 1.68. The number of rotatable bonds is 5. The topological polar surface area (TPSA) is 41.7 Å². The summed E-state index contributed by atoms with van der Waals surface area (Å²) >= 11 is 0. The van der Waals surface area contributed by atoms with Gasteiger partial charge in [0.05, 0.1) is 12.7 Å². The fourth-order valence-corrected chi connectivity index (χ4v) is 3.12. The van der Waals surface area contributed by atoms with E-state index in [9.17, 15) is 0 Å². The van der Waals surface area contributed by atoms with Gasteiger partial charge < -0.3 is 15.4 Å². The minimum atomic E-state index is 0.375. The van der Waals surface area contributed by atoms with Crippen molar-refractivity contribution in [2.75, 3.05) is 39.8 Å². The molecule has 0 bridgehead atoms. The van der Waals surface area contributed by atoms with Crippen molar-refractivity contribution in [1.29, 1.82) is 0 Å². The van der Waals surface area contributed by atoms with Crippen LogP contribution in [0.25, 0.3) is 0 Å². The molecule has 1 atom stereocenters. The van der Waals surface area contributed by atoms with E-state index < -0.39 is 0 Å². The van der Waals surface area contributed by atoms with Gasteiger partial charge in [-0.3, -0.25) is 4.90 Å². The highest BCUT2D eigenvalue weighted by Gasteiger charge is 2.28. The van der Waals surface area contributed by atoms with Gasteiger partial charge in [0.25, 0.3) is 0 Å². The fourth-order valence-electron chi connectivity index (χ4n) is 3.12. The van der Waals surface area contributed by atoms with Gasteiger partial charge in [-0.15, -0.1) is 0 Å². The first-order chi connectivity index (χ1) is 8.54. The highest BCUT2D eigenvalue weighted by molar-refractivity contribution is 4.84. The summed E-state index contributed by atoms with van der Waals surface area (Å²) < 4.78 is 5.88. The lowest BCUT2D eigenvalue weighted by molar-refractivity contribution is -0.0517. The lowest BCUT2D eigenvalue weighted by Crippen LogP contribution is -2.50. The largest absolute Gasteiger partial charge is 0.374 e. The Morgan fingerprint density at radius 1 is 1.33 bits per heavy atom. The van der Waals surface area contributed by atoms with E-state index in [0.29, 0.717) is 18.2 Å². The van der Waals surface area contributed by atoms with E-state index in [1.807, 2.05) is 0 Å². The van der Waals surface area contributed by atoms with Gasteiger partial charge >= 0.3 is 0 Å². The average molecular weight is 255 g/mol. The van der Waals surface area contributed by atoms with Crippen molar-refractivity contribution in [3.63, 3.8) is 0 Å². The van der Waals surface area contributed by atoms with Crippen LogP contribution in [0.4, 0.5) is 0 Å². The number of nitrogens with two attached hydrogens (primary N) is 1. The Kier molecular flexibility index (Phi) is 5.01. The van der Waals surface area contributed by atoms with E-state index in [-0.39, 0.29) is 0 Å². The molecule has 1 unspecified atom stereocenters. The van der Waals surface area contributed by atoms with Crippen LogP contribution in [-0.2, 0) is 4.74 Å². The molecule has 2 fully saturated rings. The van der Waals surface area contributed by atoms with E-state index in [2.05, 4.69) is 30.7 Å². The van der Waals surface area contributed by atoms with Crippen LogP contribution in [0.5, 0.6) is 0 Å². The minimum Gasteiger partial charge on any atom is -0.374 e. The summed E-state index contributed by atoms with van der Waals surface area (Å²) in [5.74, 6) is 0.815. The van der Waals surface area contributed by atoms with Gasteiger partial charge in [-0.25, -0.2) is 0 Å². The lowest BCUT2D eigenvalue weighted by Gasteiger charge is -2.39. The van der Waals surface area contributed by atoms with Crippen LogP contribution >= 0.6 is 0 Å². The molecule has 18 heavy (non-hydrogen) atoms. The van der Waals surface area contributed by atoms with Crippen molar-refractivity contribution < 1.29 is 4.74 Å². The first-order valence-corrected chi connectivity index (χ1v) is 7.34. The van der Waals surface area contributed by atoms with Gasteiger partial charge in [-0.2, -0.15) is 0 Å². The molecule has 1 saturated carbocycles. The number of nitrogens with zero attached hydrogens (tertiary/aromatic N) is 2. The van der Waals surface area contributed by atoms with Crippen LogP contribution < -0.4 is 5.73 Å². The van der Waals surface area contributed by atoms with Gasteiger partial charge in [-0.1, -0.05) is 0 Å². The smallest absolute Gasteiger partial charge is 0.0829 e. The zero-order chi connectivity index (χ0) is 13.1. The van der Waals surface area contributed by atoms with E-state index in [0.717, 1.165) is 32.2 Å². The summed E-state index contributed by atoms with van der Waals surface area (Å²) in [6, 6.07) is 1.09. The number of hydrogen-bond acceptors (Lipinski definition) is 4. The van der Waals surface area contributed by atoms with E-state index in [1.54, 1.807) is 0 Å². The summed E-state index contributed by atoms with van der Waals surface area (Å²) in [6.45, 7) is 9.79. The first kappa shape index (κ1) is 14.3. The Labute approximate surface area is 111 Å². The first-order valence-electron chi connectivity index (χ1n) is 7.34. The zero-order valence-electron chi connectivity index (χ0n) is 12.1. The third-order valence-corrected chi connectivity index (χ3v) is 4.26. The van der Waals surface area contributed by atoms with Crippen molar-refractivity contribution in [3.8, 4) is 0 Å². The van der Waals surface area contributed by atoms with Crippen molar-refractivity contribution in [2.24, 2.45) is 11.7 Å². The molecule has 4 heteroatoms. The number of morpholine rings is 1. The Bertz CT molecular complexity index is 253. The van der Waals surface area contributed by atoms with Crippen LogP contribution in [0.3, 0.4) is 0 Å². The van der Waals surface area contributed by atoms with E-state index in [4.69, 9.17) is 10.5 Å². The van der Waals surface area contributed by atoms with Gasteiger partial charge in [0, 0.05) is 38.3 Å². The minimum absolute atomic E-state index is 0.375. The van der Waals surface area contributed by atoms with Gasteiger partial charge in [0.1, 0.15) is 0 Å². The van der Waals surface area contributed by atoms with Crippen LogP contribution in [0.2, 0.25) is 0 Å². The van der Waals surface area contributed by atoms with Crippen molar-refractivity contribution in [2.45, 2.75) is 44.9 Å². The second-order valence-corrected chi connectivity index (χ2v) is 6.40. The number of hydrogen-bond donors (Lipinski definition) is 1. The molecule has 1 aliphatic carbocycles. The van der Waals surface area contributed by atoms with Crippen molar-refractivity contribution in [3.05, 3.63) is 0 Å².